The van der Waals surface area contributed by atoms with Gasteiger partial charge in [0, 0.05) is 24.8 Å². The largest absolute Gasteiger partial charge is 0.393 e. The van der Waals surface area contributed by atoms with Crippen LogP contribution in [0.2, 0.25) is 0 Å². The minimum Gasteiger partial charge on any atom is -0.393 e. The maximum absolute atomic E-state index is 9.68. The summed E-state index contributed by atoms with van der Waals surface area (Å²) < 4.78 is 0. The lowest BCUT2D eigenvalue weighted by Crippen LogP contribution is -2.37. The average Bonchev–Trinajstić information content (AvgIpc) is 2.46. The molecule has 1 aliphatic heterocycles. The third-order valence-electron chi connectivity index (χ3n) is 4.34. The van der Waals surface area contributed by atoms with Gasteiger partial charge in [-0.15, -0.1) is 0 Å². The summed E-state index contributed by atoms with van der Waals surface area (Å²) in [5.41, 5.74) is 8.74. The first-order chi connectivity index (χ1) is 9.13. The van der Waals surface area contributed by atoms with Crippen LogP contribution < -0.4 is 10.6 Å². The Hall–Kier alpha value is -1.06. The molecular formula is C16H26N2O. The Balaban J connectivity index is 2.11. The van der Waals surface area contributed by atoms with Crippen molar-refractivity contribution in [3.63, 3.8) is 0 Å². The van der Waals surface area contributed by atoms with Gasteiger partial charge >= 0.3 is 0 Å². The number of aliphatic hydroxyl groups is 1. The minimum absolute atomic E-state index is 0.116. The summed E-state index contributed by atoms with van der Waals surface area (Å²) in [5, 5.41) is 9.68. The molecule has 106 valence electrons. The molecule has 1 aromatic rings. The molecule has 1 unspecified atom stereocenters. The van der Waals surface area contributed by atoms with Crippen molar-refractivity contribution in [2.75, 3.05) is 18.0 Å². The highest BCUT2D eigenvalue weighted by atomic mass is 16.3. The van der Waals surface area contributed by atoms with Gasteiger partial charge in [-0.2, -0.15) is 0 Å². The number of nitrogens with two attached hydrogens (primary N) is 1. The third kappa shape index (κ3) is 3.28. The van der Waals surface area contributed by atoms with Gasteiger partial charge in [0.2, 0.25) is 0 Å². The van der Waals surface area contributed by atoms with E-state index >= 15 is 0 Å². The second kappa shape index (κ2) is 6.40. The van der Waals surface area contributed by atoms with Gasteiger partial charge in [0.05, 0.1) is 6.10 Å². The van der Waals surface area contributed by atoms with E-state index in [2.05, 4.69) is 36.1 Å². The summed E-state index contributed by atoms with van der Waals surface area (Å²) in [6.45, 7) is 6.06. The SMILES string of the molecule is CC[C@@H](N)c1ccccc1N1CCC(C(C)O)CC1. The van der Waals surface area contributed by atoms with E-state index in [-0.39, 0.29) is 12.1 Å². The lowest BCUT2D eigenvalue weighted by molar-refractivity contribution is 0.110. The highest BCUT2D eigenvalue weighted by Crippen LogP contribution is 2.31. The first-order valence-corrected chi connectivity index (χ1v) is 7.41. The molecule has 19 heavy (non-hydrogen) atoms. The molecule has 1 aliphatic rings. The van der Waals surface area contributed by atoms with Gasteiger partial charge in [-0.3, -0.25) is 0 Å². The van der Waals surface area contributed by atoms with Gasteiger partial charge in [0.1, 0.15) is 0 Å². The van der Waals surface area contributed by atoms with Crippen LogP contribution in [0.1, 0.15) is 44.7 Å². The monoisotopic (exact) mass is 262 g/mol. The van der Waals surface area contributed by atoms with Gasteiger partial charge < -0.3 is 15.7 Å². The molecule has 3 N–H and O–H groups in total. The maximum Gasteiger partial charge on any atom is 0.0541 e. The lowest BCUT2D eigenvalue weighted by atomic mass is 9.91. The molecule has 1 fully saturated rings. The molecule has 3 heteroatoms. The number of para-hydroxylation sites is 1. The summed E-state index contributed by atoms with van der Waals surface area (Å²) in [5.74, 6) is 0.447. The maximum atomic E-state index is 9.68. The number of hydrogen-bond donors (Lipinski definition) is 2. The van der Waals surface area contributed by atoms with Crippen molar-refractivity contribution >= 4 is 5.69 Å². The molecule has 0 radical (unpaired) electrons. The average molecular weight is 262 g/mol. The van der Waals surface area contributed by atoms with Crippen LogP contribution in [0, 0.1) is 5.92 Å². The van der Waals surface area contributed by atoms with Crippen LogP contribution in [-0.2, 0) is 0 Å². The Labute approximate surface area is 116 Å². The van der Waals surface area contributed by atoms with Gasteiger partial charge in [-0.1, -0.05) is 25.1 Å². The normalized spacial score (nSPS) is 20.3. The van der Waals surface area contributed by atoms with E-state index in [1.165, 1.54) is 11.3 Å². The summed E-state index contributed by atoms with van der Waals surface area (Å²) in [6, 6.07) is 8.59. The van der Waals surface area contributed by atoms with Crippen molar-refractivity contribution in [1.29, 1.82) is 0 Å². The van der Waals surface area contributed by atoms with Crippen LogP contribution >= 0.6 is 0 Å². The van der Waals surface area contributed by atoms with E-state index in [9.17, 15) is 5.11 Å². The number of hydrogen-bond acceptors (Lipinski definition) is 3. The van der Waals surface area contributed by atoms with Crippen molar-refractivity contribution in [3.8, 4) is 0 Å². The van der Waals surface area contributed by atoms with Gasteiger partial charge in [0.25, 0.3) is 0 Å². The fourth-order valence-electron chi connectivity index (χ4n) is 2.93. The lowest BCUT2D eigenvalue weighted by Gasteiger charge is -2.36. The van der Waals surface area contributed by atoms with Crippen LogP contribution in [0.5, 0.6) is 0 Å². The number of benzene rings is 1. The molecule has 0 bridgehead atoms. The molecule has 1 saturated heterocycles. The Morgan fingerprint density at radius 2 is 1.95 bits per heavy atom. The van der Waals surface area contributed by atoms with Gasteiger partial charge in [-0.05, 0) is 43.7 Å². The summed E-state index contributed by atoms with van der Waals surface area (Å²) in [7, 11) is 0. The number of piperidine rings is 1. The number of rotatable bonds is 4. The Morgan fingerprint density at radius 3 is 2.53 bits per heavy atom. The third-order valence-corrected chi connectivity index (χ3v) is 4.34. The molecule has 2 rings (SSSR count). The molecule has 2 atom stereocenters. The summed E-state index contributed by atoms with van der Waals surface area (Å²) >= 11 is 0. The van der Waals surface area contributed by atoms with Gasteiger partial charge in [-0.25, -0.2) is 0 Å². The zero-order chi connectivity index (χ0) is 13.8. The fraction of sp³-hybridized carbons (Fsp3) is 0.625. The highest BCUT2D eigenvalue weighted by Gasteiger charge is 2.24. The Morgan fingerprint density at radius 1 is 1.32 bits per heavy atom. The van der Waals surface area contributed by atoms with E-state index in [0.717, 1.165) is 32.4 Å². The fourth-order valence-corrected chi connectivity index (χ4v) is 2.93. The van der Waals surface area contributed by atoms with Crippen molar-refractivity contribution < 1.29 is 5.11 Å². The van der Waals surface area contributed by atoms with Crippen LogP contribution in [0.25, 0.3) is 0 Å². The second-order valence-electron chi connectivity index (χ2n) is 5.64. The van der Waals surface area contributed by atoms with Crippen molar-refractivity contribution in [2.24, 2.45) is 11.7 Å². The molecule has 0 aromatic heterocycles. The smallest absolute Gasteiger partial charge is 0.0541 e. The van der Waals surface area contributed by atoms with E-state index in [1.54, 1.807) is 0 Å². The van der Waals surface area contributed by atoms with E-state index in [4.69, 9.17) is 5.73 Å². The van der Waals surface area contributed by atoms with E-state index in [0.29, 0.717) is 5.92 Å². The standard InChI is InChI=1S/C16H26N2O/c1-3-15(17)14-6-4-5-7-16(14)18-10-8-13(9-11-18)12(2)19/h4-7,12-13,15,19H,3,8-11,17H2,1-2H3/t12?,15-/m1/s1. The second-order valence-corrected chi connectivity index (χ2v) is 5.64. The molecule has 3 nitrogen and oxygen atoms in total. The Bertz CT molecular complexity index is 397. The van der Waals surface area contributed by atoms with E-state index < -0.39 is 0 Å². The van der Waals surface area contributed by atoms with Crippen LogP contribution in [0.4, 0.5) is 5.69 Å². The predicted molar refractivity (Wildman–Crippen MR) is 80.3 cm³/mol. The summed E-state index contributed by atoms with van der Waals surface area (Å²) in [6.07, 6.45) is 2.90. The van der Waals surface area contributed by atoms with E-state index in [1.807, 2.05) is 6.92 Å². The number of anilines is 1. The zero-order valence-corrected chi connectivity index (χ0v) is 12.0. The van der Waals surface area contributed by atoms with Gasteiger partial charge in [0.15, 0.2) is 0 Å². The molecule has 0 spiro atoms. The van der Waals surface area contributed by atoms with Crippen LogP contribution in [0.15, 0.2) is 24.3 Å². The number of aliphatic hydroxyl groups excluding tert-OH is 1. The summed E-state index contributed by atoms with van der Waals surface area (Å²) in [4.78, 5) is 2.42. The molecule has 1 aromatic carbocycles. The first kappa shape index (κ1) is 14.4. The highest BCUT2D eigenvalue weighted by molar-refractivity contribution is 5.55. The first-order valence-electron chi connectivity index (χ1n) is 7.41. The number of nitrogens with zero attached hydrogens (tertiary/aromatic N) is 1. The van der Waals surface area contributed by atoms with Crippen molar-refractivity contribution in [3.05, 3.63) is 29.8 Å². The van der Waals surface area contributed by atoms with Crippen molar-refractivity contribution in [2.45, 2.75) is 45.3 Å². The predicted octanol–water partition coefficient (Wildman–Crippen LogP) is 2.69. The van der Waals surface area contributed by atoms with Crippen LogP contribution in [0.3, 0.4) is 0 Å². The van der Waals surface area contributed by atoms with Crippen LogP contribution in [-0.4, -0.2) is 24.3 Å². The molecule has 1 heterocycles. The topological polar surface area (TPSA) is 49.5 Å². The minimum atomic E-state index is -0.185. The molecule has 0 saturated carbocycles. The quantitative estimate of drug-likeness (QED) is 0.877. The van der Waals surface area contributed by atoms with Crippen molar-refractivity contribution in [1.82, 2.24) is 0 Å². The molecule has 0 amide bonds. The Kier molecular flexibility index (Phi) is 4.83. The molecular weight excluding hydrogens is 236 g/mol. The zero-order valence-electron chi connectivity index (χ0n) is 12.0. The molecule has 0 aliphatic carbocycles.